The van der Waals surface area contributed by atoms with E-state index in [0.717, 1.165) is 10.5 Å². The number of nitrogens with one attached hydrogen (secondary N) is 2. The molecule has 1 aliphatic heterocycles. The molecule has 1 atom stereocenters. The maximum atomic E-state index is 13.4. The summed E-state index contributed by atoms with van der Waals surface area (Å²) < 4.78 is 5.50. The number of benzene rings is 4. The second kappa shape index (κ2) is 14.8. The normalized spacial score (nSPS) is 14.8. The third kappa shape index (κ3) is 7.92. The first kappa shape index (κ1) is 32.2. The van der Waals surface area contributed by atoms with Gasteiger partial charge in [0.1, 0.15) is 11.4 Å². The number of carbonyl (C=O) groups is 4. The molecule has 4 aromatic rings. The largest absolute Gasteiger partial charge is 0.494 e. The Kier molecular flexibility index (Phi) is 10.3. The molecule has 234 valence electrons. The lowest BCUT2D eigenvalue weighted by Crippen LogP contribution is -2.31. The van der Waals surface area contributed by atoms with Crippen LogP contribution in [0.3, 0.4) is 0 Å². The Morgan fingerprint density at radius 3 is 2.22 bits per heavy atom. The molecule has 8 nitrogen and oxygen atoms in total. The van der Waals surface area contributed by atoms with E-state index >= 15 is 0 Å². The highest BCUT2D eigenvalue weighted by molar-refractivity contribution is 8.00. The molecule has 1 saturated heterocycles. The minimum absolute atomic E-state index is 0.0630. The van der Waals surface area contributed by atoms with E-state index in [1.165, 1.54) is 16.7 Å². The summed E-state index contributed by atoms with van der Waals surface area (Å²) in [6, 6.07) is 30.4. The second-order valence-corrected chi connectivity index (χ2v) is 12.3. The van der Waals surface area contributed by atoms with Crippen molar-refractivity contribution in [1.82, 2.24) is 5.32 Å². The maximum Gasteiger partial charge on any atom is 0.272 e. The number of hydrogen-bond acceptors (Lipinski definition) is 6. The smallest absolute Gasteiger partial charge is 0.272 e. The van der Waals surface area contributed by atoms with Crippen LogP contribution in [0.15, 0.2) is 114 Å². The first-order valence-corrected chi connectivity index (χ1v) is 16.0. The fourth-order valence-electron chi connectivity index (χ4n) is 4.89. The van der Waals surface area contributed by atoms with Gasteiger partial charge in [-0.3, -0.25) is 19.2 Å². The van der Waals surface area contributed by atoms with Crippen molar-refractivity contribution in [2.75, 3.05) is 16.8 Å². The first-order valence-electron chi connectivity index (χ1n) is 15.1. The molecule has 1 unspecified atom stereocenters. The standard InChI is InChI=1S/C37H35N3O5S/c1-4-45-30-18-10-25(11-19-30)22-32(39-35(42)27-8-6-5-7-9-27)36(43)38-28-14-20-31(21-15-28)46-33-23-34(41)40(37(33)44)29-16-12-26(13-17-29)24(2)3/h5-22,24,33H,4,23H2,1-3H3,(H,38,43)(H,39,42)/b32-22-. The van der Waals surface area contributed by atoms with Gasteiger partial charge in [-0.25, -0.2) is 4.90 Å². The van der Waals surface area contributed by atoms with Gasteiger partial charge >= 0.3 is 0 Å². The van der Waals surface area contributed by atoms with Crippen molar-refractivity contribution in [1.29, 1.82) is 0 Å². The minimum atomic E-state index is -0.547. The first-order chi connectivity index (χ1) is 22.2. The van der Waals surface area contributed by atoms with E-state index in [2.05, 4.69) is 24.5 Å². The summed E-state index contributed by atoms with van der Waals surface area (Å²) in [7, 11) is 0. The third-order valence-corrected chi connectivity index (χ3v) is 8.54. The zero-order chi connectivity index (χ0) is 32.6. The molecule has 1 fully saturated rings. The van der Waals surface area contributed by atoms with E-state index in [1.807, 2.05) is 37.3 Å². The van der Waals surface area contributed by atoms with Gasteiger partial charge in [0.2, 0.25) is 11.8 Å². The molecule has 0 aliphatic carbocycles. The van der Waals surface area contributed by atoms with Crippen LogP contribution in [0.1, 0.15) is 54.6 Å². The molecular formula is C37H35N3O5S. The van der Waals surface area contributed by atoms with Crippen molar-refractivity contribution >= 4 is 52.8 Å². The maximum absolute atomic E-state index is 13.4. The van der Waals surface area contributed by atoms with Crippen LogP contribution in [0.2, 0.25) is 0 Å². The quantitative estimate of drug-likeness (QED) is 0.136. The number of rotatable bonds is 11. The number of imide groups is 1. The Hall–Kier alpha value is -5.15. The van der Waals surface area contributed by atoms with Crippen molar-refractivity contribution < 1.29 is 23.9 Å². The van der Waals surface area contributed by atoms with E-state index in [0.29, 0.717) is 40.8 Å². The molecular weight excluding hydrogens is 598 g/mol. The lowest BCUT2D eigenvalue weighted by molar-refractivity contribution is -0.121. The van der Waals surface area contributed by atoms with E-state index in [4.69, 9.17) is 4.74 Å². The van der Waals surface area contributed by atoms with Gasteiger partial charge in [0, 0.05) is 22.6 Å². The zero-order valence-electron chi connectivity index (χ0n) is 25.9. The highest BCUT2D eigenvalue weighted by Gasteiger charge is 2.40. The molecule has 1 aliphatic rings. The van der Waals surface area contributed by atoms with E-state index in [9.17, 15) is 19.2 Å². The second-order valence-electron chi connectivity index (χ2n) is 11.0. The van der Waals surface area contributed by atoms with Crippen molar-refractivity contribution in [2.45, 2.75) is 43.3 Å². The van der Waals surface area contributed by atoms with Gasteiger partial charge < -0.3 is 15.4 Å². The van der Waals surface area contributed by atoms with Crippen LogP contribution in [-0.2, 0) is 14.4 Å². The van der Waals surface area contributed by atoms with E-state index in [-0.39, 0.29) is 23.9 Å². The van der Waals surface area contributed by atoms with Gasteiger partial charge in [-0.15, -0.1) is 11.8 Å². The summed E-state index contributed by atoms with van der Waals surface area (Å²) >= 11 is 1.31. The predicted octanol–water partition coefficient (Wildman–Crippen LogP) is 7.04. The highest BCUT2D eigenvalue weighted by Crippen LogP contribution is 2.35. The Bertz CT molecular complexity index is 1740. The summed E-state index contributed by atoms with van der Waals surface area (Å²) in [5, 5.41) is 5.03. The number of thioether (sulfide) groups is 1. The van der Waals surface area contributed by atoms with Crippen LogP contribution in [0, 0.1) is 0 Å². The zero-order valence-corrected chi connectivity index (χ0v) is 26.7. The minimum Gasteiger partial charge on any atom is -0.494 e. The summed E-state index contributed by atoms with van der Waals surface area (Å²) in [6.45, 7) is 6.62. The molecule has 0 saturated carbocycles. The summed E-state index contributed by atoms with van der Waals surface area (Å²) in [5.41, 5.74) is 3.40. The van der Waals surface area contributed by atoms with E-state index in [1.54, 1.807) is 78.9 Å². The SMILES string of the molecule is CCOc1ccc(/C=C(\NC(=O)c2ccccc2)C(=O)Nc2ccc(SC3CC(=O)N(c4ccc(C(C)C)cc4)C3=O)cc2)cc1. The lowest BCUT2D eigenvalue weighted by Gasteiger charge is -2.16. The topological polar surface area (TPSA) is 105 Å². The van der Waals surface area contributed by atoms with Crippen LogP contribution in [-0.4, -0.2) is 35.5 Å². The molecule has 0 bridgehead atoms. The Balaban J connectivity index is 1.27. The van der Waals surface area contributed by atoms with Crippen LogP contribution in [0.25, 0.3) is 6.08 Å². The Morgan fingerprint density at radius 2 is 1.59 bits per heavy atom. The van der Waals surface area contributed by atoms with Crippen molar-refractivity contribution in [3.05, 3.63) is 126 Å². The van der Waals surface area contributed by atoms with E-state index < -0.39 is 17.1 Å². The lowest BCUT2D eigenvalue weighted by atomic mass is 10.0. The summed E-state index contributed by atoms with van der Waals surface area (Å²) in [4.78, 5) is 54.4. The summed E-state index contributed by atoms with van der Waals surface area (Å²) in [5.74, 6) is -0.344. The molecule has 46 heavy (non-hydrogen) atoms. The molecule has 0 aromatic heterocycles. The van der Waals surface area contributed by atoms with Crippen molar-refractivity contribution in [2.24, 2.45) is 0 Å². The molecule has 5 rings (SSSR count). The predicted molar refractivity (Wildman–Crippen MR) is 182 cm³/mol. The van der Waals surface area contributed by atoms with Gasteiger partial charge in [-0.05, 0) is 90.7 Å². The van der Waals surface area contributed by atoms with Crippen LogP contribution in [0.4, 0.5) is 11.4 Å². The Morgan fingerprint density at radius 1 is 0.913 bits per heavy atom. The summed E-state index contributed by atoms with van der Waals surface area (Å²) in [6.07, 6.45) is 1.70. The molecule has 9 heteroatoms. The van der Waals surface area contributed by atoms with Gasteiger partial charge in [-0.1, -0.05) is 56.3 Å². The number of anilines is 2. The van der Waals surface area contributed by atoms with Crippen molar-refractivity contribution in [3.8, 4) is 5.75 Å². The fourth-order valence-corrected chi connectivity index (χ4v) is 5.95. The van der Waals surface area contributed by atoms with Gasteiger partial charge in [0.25, 0.3) is 11.8 Å². The average molecular weight is 634 g/mol. The number of ether oxygens (including phenoxy) is 1. The number of carbonyl (C=O) groups excluding carboxylic acids is 4. The molecule has 4 amide bonds. The molecule has 0 spiro atoms. The fraction of sp³-hybridized carbons (Fsp3) is 0.189. The van der Waals surface area contributed by atoms with Crippen LogP contribution < -0.4 is 20.3 Å². The monoisotopic (exact) mass is 633 g/mol. The van der Waals surface area contributed by atoms with Gasteiger partial charge in [0.05, 0.1) is 17.5 Å². The van der Waals surface area contributed by atoms with Gasteiger partial charge in [0.15, 0.2) is 0 Å². The Labute approximate surface area is 272 Å². The highest BCUT2D eigenvalue weighted by atomic mass is 32.2. The van der Waals surface area contributed by atoms with Crippen molar-refractivity contribution in [3.63, 3.8) is 0 Å². The molecule has 4 aromatic carbocycles. The third-order valence-electron chi connectivity index (χ3n) is 7.34. The number of nitrogens with zero attached hydrogens (tertiary/aromatic N) is 1. The number of hydrogen-bond donors (Lipinski definition) is 2. The molecule has 2 N–H and O–H groups in total. The van der Waals surface area contributed by atoms with Crippen LogP contribution in [0.5, 0.6) is 5.75 Å². The molecule has 1 heterocycles. The van der Waals surface area contributed by atoms with Gasteiger partial charge in [-0.2, -0.15) is 0 Å². The number of amides is 4. The average Bonchev–Trinajstić information content (AvgIpc) is 3.34. The molecule has 0 radical (unpaired) electrons. The van der Waals surface area contributed by atoms with Crippen LogP contribution >= 0.6 is 11.8 Å².